The lowest BCUT2D eigenvalue weighted by Gasteiger charge is -2.28. The molecule has 16 heavy (non-hydrogen) atoms. The Labute approximate surface area is 101 Å². The highest BCUT2D eigenvalue weighted by Gasteiger charge is 2.18. The Balaban J connectivity index is 2.62. The molecule has 0 aromatic rings. The predicted octanol–water partition coefficient (Wildman–Crippen LogP) is 3.65. The van der Waals surface area contributed by atoms with Crippen molar-refractivity contribution in [2.45, 2.75) is 27.7 Å². The van der Waals surface area contributed by atoms with Crippen LogP contribution in [0.5, 0.6) is 0 Å². The fraction of sp³-hybridized carbons (Fsp3) is 0.600. The van der Waals surface area contributed by atoms with Gasteiger partial charge >= 0.3 is 0 Å². The summed E-state index contributed by atoms with van der Waals surface area (Å²) in [5.74, 6) is 1.28. The molecule has 1 aliphatic rings. The van der Waals surface area contributed by atoms with Crippen LogP contribution in [0.25, 0.3) is 0 Å². The summed E-state index contributed by atoms with van der Waals surface area (Å²) in [4.78, 5) is 2.49. The van der Waals surface area contributed by atoms with E-state index in [1.54, 1.807) is 0 Å². The first-order chi connectivity index (χ1) is 7.58. The van der Waals surface area contributed by atoms with Crippen LogP contribution in [0.4, 0.5) is 0 Å². The van der Waals surface area contributed by atoms with Crippen molar-refractivity contribution in [1.29, 1.82) is 0 Å². The summed E-state index contributed by atoms with van der Waals surface area (Å²) in [6.07, 6.45) is 6.94. The van der Waals surface area contributed by atoms with Crippen molar-refractivity contribution in [3.8, 4) is 0 Å². The molecule has 0 spiro atoms. The van der Waals surface area contributed by atoms with Crippen LogP contribution in [0.15, 0.2) is 36.0 Å². The third-order valence-electron chi connectivity index (χ3n) is 3.50. The molecule has 90 valence electrons. The Morgan fingerprint density at radius 1 is 1.38 bits per heavy atom. The van der Waals surface area contributed by atoms with Gasteiger partial charge in [-0.05, 0) is 37.4 Å². The van der Waals surface area contributed by atoms with Crippen LogP contribution in [0.3, 0.4) is 0 Å². The van der Waals surface area contributed by atoms with Gasteiger partial charge in [0.05, 0.1) is 0 Å². The maximum Gasteiger partial charge on any atom is 0.00498 e. The summed E-state index contributed by atoms with van der Waals surface area (Å²) in [7, 11) is 0. The van der Waals surface area contributed by atoms with E-state index in [4.69, 9.17) is 0 Å². The molecule has 0 fully saturated rings. The van der Waals surface area contributed by atoms with Crippen LogP contribution >= 0.6 is 0 Å². The third kappa shape index (κ3) is 3.34. The minimum absolute atomic E-state index is 0.622. The number of hydrogen-bond donors (Lipinski definition) is 0. The van der Waals surface area contributed by atoms with Crippen molar-refractivity contribution >= 4 is 0 Å². The lowest BCUT2D eigenvalue weighted by Crippen LogP contribution is -2.31. The molecule has 0 N–H and O–H groups in total. The molecule has 0 aromatic carbocycles. The van der Waals surface area contributed by atoms with Crippen LogP contribution in [0, 0.1) is 11.8 Å². The quantitative estimate of drug-likeness (QED) is 0.682. The van der Waals surface area contributed by atoms with E-state index in [0.717, 1.165) is 13.1 Å². The van der Waals surface area contributed by atoms with E-state index in [1.807, 2.05) is 0 Å². The van der Waals surface area contributed by atoms with Gasteiger partial charge in [-0.2, -0.15) is 0 Å². The normalized spacial score (nSPS) is 24.7. The minimum Gasteiger partial charge on any atom is -0.303 e. The highest BCUT2D eigenvalue weighted by molar-refractivity contribution is 5.39. The first kappa shape index (κ1) is 13.2. The number of allylic oxidation sites excluding steroid dienone is 4. The molecule has 2 atom stereocenters. The lowest BCUT2D eigenvalue weighted by molar-refractivity contribution is 0.253. The van der Waals surface area contributed by atoms with Crippen LogP contribution in [0.2, 0.25) is 0 Å². The summed E-state index contributed by atoms with van der Waals surface area (Å²) in [5, 5.41) is 0. The van der Waals surface area contributed by atoms with E-state index >= 15 is 0 Å². The molecule has 0 aromatic heterocycles. The second kappa shape index (κ2) is 6.05. The van der Waals surface area contributed by atoms with Gasteiger partial charge in [-0.3, -0.25) is 0 Å². The van der Waals surface area contributed by atoms with E-state index in [0.29, 0.717) is 11.8 Å². The van der Waals surface area contributed by atoms with Crippen molar-refractivity contribution in [2.24, 2.45) is 11.8 Å². The van der Waals surface area contributed by atoms with Crippen LogP contribution in [0.1, 0.15) is 27.7 Å². The first-order valence-corrected chi connectivity index (χ1v) is 6.36. The van der Waals surface area contributed by atoms with E-state index in [-0.39, 0.29) is 0 Å². The van der Waals surface area contributed by atoms with Gasteiger partial charge in [0.25, 0.3) is 0 Å². The average molecular weight is 219 g/mol. The molecule has 0 saturated carbocycles. The van der Waals surface area contributed by atoms with Gasteiger partial charge in [0.15, 0.2) is 0 Å². The molecule has 1 nitrogen and oxygen atoms in total. The van der Waals surface area contributed by atoms with Gasteiger partial charge in [0, 0.05) is 6.54 Å². The van der Waals surface area contributed by atoms with Crippen LogP contribution < -0.4 is 0 Å². The topological polar surface area (TPSA) is 3.24 Å². The van der Waals surface area contributed by atoms with Gasteiger partial charge < -0.3 is 4.90 Å². The SMILES string of the molecule is C=C(C)C1=CC(C)C(CN(CC)CC)C=C1. The first-order valence-electron chi connectivity index (χ1n) is 6.36. The standard InChI is InChI=1S/C15H25N/c1-6-16(7-2)11-15-9-8-14(12(3)4)10-13(15)5/h8-10,13,15H,3,6-7,11H2,1-2,4-5H3. The average Bonchev–Trinajstić information content (AvgIpc) is 2.27. The van der Waals surface area contributed by atoms with Crippen molar-refractivity contribution in [2.75, 3.05) is 19.6 Å². The Morgan fingerprint density at radius 3 is 2.44 bits per heavy atom. The zero-order valence-electron chi connectivity index (χ0n) is 11.2. The molecule has 0 amide bonds. The van der Waals surface area contributed by atoms with Gasteiger partial charge in [-0.15, -0.1) is 0 Å². The highest BCUT2D eigenvalue weighted by atomic mass is 15.1. The van der Waals surface area contributed by atoms with Crippen molar-refractivity contribution < 1.29 is 0 Å². The Morgan fingerprint density at radius 2 is 2.00 bits per heavy atom. The zero-order chi connectivity index (χ0) is 12.1. The lowest BCUT2D eigenvalue weighted by atomic mass is 9.85. The second-order valence-corrected chi connectivity index (χ2v) is 4.77. The largest absolute Gasteiger partial charge is 0.303 e. The van der Waals surface area contributed by atoms with Gasteiger partial charge in [0.2, 0.25) is 0 Å². The summed E-state index contributed by atoms with van der Waals surface area (Å²) in [6.45, 7) is 16.3. The number of nitrogens with zero attached hydrogens (tertiary/aromatic N) is 1. The fourth-order valence-electron chi connectivity index (χ4n) is 2.16. The number of rotatable bonds is 5. The van der Waals surface area contributed by atoms with E-state index in [2.05, 4.69) is 57.4 Å². The summed E-state index contributed by atoms with van der Waals surface area (Å²) in [6, 6.07) is 0. The van der Waals surface area contributed by atoms with Crippen LogP contribution in [-0.4, -0.2) is 24.5 Å². The molecule has 1 aliphatic carbocycles. The molecule has 0 bridgehead atoms. The van der Waals surface area contributed by atoms with Crippen molar-refractivity contribution in [1.82, 2.24) is 4.90 Å². The molecule has 1 rings (SSSR count). The van der Waals surface area contributed by atoms with Gasteiger partial charge in [-0.1, -0.05) is 51.2 Å². The Hall–Kier alpha value is -0.820. The van der Waals surface area contributed by atoms with Crippen molar-refractivity contribution in [3.63, 3.8) is 0 Å². The molecular weight excluding hydrogens is 194 g/mol. The Bertz CT molecular complexity index is 295. The second-order valence-electron chi connectivity index (χ2n) is 4.77. The monoisotopic (exact) mass is 219 g/mol. The predicted molar refractivity (Wildman–Crippen MR) is 72.5 cm³/mol. The fourth-order valence-corrected chi connectivity index (χ4v) is 2.16. The molecule has 1 heteroatoms. The summed E-state index contributed by atoms with van der Waals surface area (Å²) >= 11 is 0. The molecule has 0 aliphatic heterocycles. The highest BCUT2D eigenvalue weighted by Crippen LogP contribution is 2.26. The summed E-state index contributed by atoms with van der Waals surface area (Å²) < 4.78 is 0. The maximum absolute atomic E-state index is 4.00. The van der Waals surface area contributed by atoms with Crippen molar-refractivity contribution in [3.05, 3.63) is 36.0 Å². The van der Waals surface area contributed by atoms with E-state index < -0.39 is 0 Å². The minimum atomic E-state index is 0.622. The van der Waals surface area contributed by atoms with E-state index in [9.17, 15) is 0 Å². The number of hydrogen-bond acceptors (Lipinski definition) is 1. The molecular formula is C15H25N. The molecule has 0 heterocycles. The van der Waals surface area contributed by atoms with Gasteiger partial charge in [-0.25, -0.2) is 0 Å². The molecule has 0 radical (unpaired) electrons. The molecule has 2 unspecified atom stereocenters. The maximum atomic E-state index is 4.00. The van der Waals surface area contributed by atoms with E-state index in [1.165, 1.54) is 17.7 Å². The zero-order valence-corrected chi connectivity index (χ0v) is 11.2. The smallest absolute Gasteiger partial charge is 0.00498 e. The summed E-state index contributed by atoms with van der Waals surface area (Å²) in [5.41, 5.74) is 2.48. The Kier molecular flexibility index (Phi) is 5.01. The van der Waals surface area contributed by atoms with Gasteiger partial charge in [0.1, 0.15) is 0 Å². The molecule has 0 saturated heterocycles. The van der Waals surface area contributed by atoms with Crippen LogP contribution in [-0.2, 0) is 0 Å². The third-order valence-corrected chi connectivity index (χ3v) is 3.50.